The Kier molecular flexibility index (Phi) is 6.17. The average Bonchev–Trinajstić information content (AvgIpc) is 2.04. The molecule has 0 radical (unpaired) electrons. The number of nitrogen functional groups attached to an aromatic ring is 1. The zero-order valence-corrected chi connectivity index (χ0v) is 8.95. The second kappa shape index (κ2) is 6.57. The summed E-state index contributed by atoms with van der Waals surface area (Å²) in [5, 5.41) is 0. The fraction of sp³-hybridized carbons (Fsp3) is 0.333. The Morgan fingerprint density at radius 1 is 1.43 bits per heavy atom. The van der Waals surface area contributed by atoms with Crippen LogP contribution in [0.15, 0.2) is 18.5 Å². The van der Waals surface area contributed by atoms with Crippen LogP contribution < -0.4 is 5.73 Å². The first-order chi connectivity index (χ1) is 6.45. The van der Waals surface area contributed by atoms with E-state index in [9.17, 15) is 8.42 Å². The highest BCUT2D eigenvalue weighted by molar-refractivity contribution is 7.87. The van der Waals surface area contributed by atoms with Gasteiger partial charge in [0.2, 0.25) is 5.95 Å². The zero-order valence-electron chi connectivity index (χ0n) is 7.24. The van der Waals surface area contributed by atoms with Crippen molar-refractivity contribution in [1.29, 1.82) is 0 Å². The van der Waals surface area contributed by atoms with E-state index in [1.807, 2.05) is 0 Å². The van der Waals surface area contributed by atoms with Crippen molar-refractivity contribution >= 4 is 28.7 Å². The third kappa shape index (κ3) is 9.23. The molecule has 0 aliphatic rings. The molecule has 0 spiro atoms. The number of hydrogen-bond acceptors (Lipinski definition) is 6. The van der Waals surface area contributed by atoms with Crippen LogP contribution in [-0.4, -0.2) is 34.4 Å². The topological polar surface area (TPSA) is 106 Å². The van der Waals surface area contributed by atoms with Gasteiger partial charge in [-0.15, -0.1) is 0 Å². The number of aromatic nitrogens is 2. The summed E-state index contributed by atoms with van der Waals surface area (Å²) >= 11 is 3.57. The minimum Gasteiger partial charge on any atom is -0.368 e. The number of anilines is 1. The lowest BCUT2D eigenvalue weighted by Crippen LogP contribution is -2.03. The smallest absolute Gasteiger partial charge is 0.265 e. The van der Waals surface area contributed by atoms with E-state index in [2.05, 4.69) is 22.6 Å². The summed E-state index contributed by atoms with van der Waals surface area (Å²) in [6, 6.07) is 1.72. The molecule has 0 saturated heterocycles. The summed E-state index contributed by atoms with van der Waals surface area (Å²) < 4.78 is 27.4. The molecule has 0 unspecified atom stereocenters. The molecule has 0 atom stereocenters. The Labute approximate surface area is 87.7 Å². The van der Waals surface area contributed by atoms with Crippen molar-refractivity contribution < 1.29 is 13.0 Å². The van der Waals surface area contributed by atoms with Gasteiger partial charge in [0.15, 0.2) is 0 Å². The van der Waals surface area contributed by atoms with Gasteiger partial charge in [0.05, 0.1) is 5.75 Å². The number of rotatable bonds is 2. The fourth-order valence-corrected chi connectivity index (χ4v) is 1.35. The largest absolute Gasteiger partial charge is 0.368 e. The lowest BCUT2D eigenvalue weighted by molar-refractivity contribution is 0.485. The summed E-state index contributed by atoms with van der Waals surface area (Å²) in [6.07, 6.45) is 3.20. The number of nitrogens with zero attached hydrogens (tertiary/aromatic N) is 2. The van der Waals surface area contributed by atoms with Crippen LogP contribution in [0.2, 0.25) is 0 Å². The van der Waals surface area contributed by atoms with Crippen molar-refractivity contribution in [2.24, 2.45) is 0 Å². The van der Waals surface area contributed by atoms with Crippen LogP contribution in [-0.2, 0) is 10.1 Å². The summed E-state index contributed by atoms with van der Waals surface area (Å²) in [5.74, 6) is 0.220. The fourth-order valence-electron chi connectivity index (χ4n) is 0.426. The molecular formula is C6H11N3O3S2. The van der Waals surface area contributed by atoms with Crippen molar-refractivity contribution in [2.45, 2.75) is 0 Å². The molecule has 0 amide bonds. The Morgan fingerprint density at radius 2 is 1.93 bits per heavy atom. The predicted molar refractivity (Wildman–Crippen MR) is 56.7 cm³/mol. The summed E-state index contributed by atoms with van der Waals surface area (Å²) in [5.41, 5.74) is 5.14. The van der Waals surface area contributed by atoms with Crippen LogP contribution in [0.3, 0.4) is 0 Å². The lowest BCUT2D eigenvalue weighted by Gasteiger charge is -1.85. The first-order valence-corrected chi connectivity index (χ1v) is 5.78. The van der Waals surface area contributed by atoms with Gasteiger partial charge in [0, 0.05) is 18.1 Å². The maximum Gasteiger partial charge on any atom is 0.265 e. The number of hydrogen-bond donors (Lipinski definition) is 3. The van der Waals surface area contributed by atoms with E-state index in [0.29, 0.717) is 5.95 Å². The molecule has 8 heteroatoms. The van der Waals surface area contributed by atoms with E-state index >= 15 is 0 Å². The van der Waals surface area contributed by atoms with Crippen molar-refractivity contribution in [3.63, 3.8) is 0 Å². The molecule has 6 nitrogen and oxygen atoms in total. The lowest BCUT2D eigenvalue weighted by atomic mass is 10.7. The Bertz CT molecular complexity index is 341. The second-order valence-electron chi connectivity index (χ2n) is 2.12. The standard InChI is InChI=1S/C4H5N3.C2H6O3S2/c5-4-6-2-1-3-7-4;3-7(4,5)2-1-6/h1-3H,(H2,5,6,7);6H,1-2H2,(H,3,4,5). The highest BCUT2D eigenvalue weighted by atomic mass is 32.2. The average molecular weight is 237 g/mol. The number of thiol groups is 1. The molecule has 0 saturated carbocycles. The Morgan fingerprint density at radius 3 is 2.07 bits per heavy atom. The molecule has 14 heavy (non-hydrogen) atoms. The molecule has 1 heterocycles. The zero-order chi connectivity index (χ0) is 11.0. The van der Waals surface area contributed by atoms with Crippen molar-refractivity contribution in [1.82, 2.24) is 9.97 Å². The Balaban J connectivity index is 0.000000241. The maximum absolute atomic E-state index is 9.74. The van der Waals surface area contributed by atoms with Crippen LogP contribution >= 0.6 is 12.6 Å². The van der Waals surface area contributed by atoms with Crippen LogP contribution in [0, 0.1) is 0 Å². The van der Waals surface area contributed by atoms with Crippen molar-refractivity contribution in [2.75, 3.05) is 17.2 Å². The van der Waals surface area contributed by atoms with Gasteiger partial charge in [0.1, 0.15) is 0 Å². The Hall–Kier alpha value is -0.860. The van der Waals surface area contributed by atoms with Gasteiger partial charge in [-0.3, -0.25) is 4.55 Å². The van der Waals surface area contributed by atoms with E-state index in [4.69, 9.17) is 10.3 Å². The molecule has 0 fully saturated rings. The summed E-state index contributed by atoms with van der Waals surface area (Å²) in [6.45, 7) is 0. The minimum atomic E-state index is -3.75. The van der Waals surface area contributed by atoms with Crippen LogP contribution in [0.1, 0.15) is 0 Å². The highest BCUT2D eigenvalue weighted by Gasteiger charge is 1.98. The quantitative estimate of drug-likeness (QED) is 0.488. The van der Waals surface area contributed by atoms with Crippen LogP contribution in [0.25, 0.3) is 0 Å². The first-order valence-electron chi connectivity index (χ1n) is 3.54. The minimum absolute atomic E-state index is 0.166. The van der Waals surface area contributed by atoms with Crippen LogP contribution in [0.4, 0.5) is 5.95 Å². The van der Waals surface area contributed by atoms with E-state index < -0.39 is 10.1 Å². The molecule has 0 bridgehead atoms. The van der Waals surface area contributed by atoms with Gasteiger partial charge in [-0.1, -0.05) is 0 Å². The molecule has 0 aliphatic carbocycles. The third-order valence-corrected chi connectivity index (χ3v) is 2.18. The normalized spacial score (nSPS) is 10.1. The van der Waals surface area contributed by atoms with Gasteiger partial charge >= 0.3 is 0 Å². The predicted octanol–water partition coefficient (Wildman–Crippen LogP) is -0.137. The maximum atomic E-state index is 9.74. The summed E-state index contributed by atoms with van der Waals surface area (Å²) in [7, 11) is -3.75. The molecule has 3 N–H and O–H groups in total. The SMILES string of the molecule is Nc1ncccn1.O=S(=O)(O)CCS. The van der Waals surface area contributed by atoms with Gasteiger partial charge in [-0.05, 0) is 6.07 Å². The first kappa shape index (κ1) is 13.1. The van der Waals surface area contributed by atoms with Crippen molar-refractivity contribution in [3.05, 3.63) is 18.5 Å². The molecule has 1 aromatic rings. The number of nitrogens with two attached hydrogens (primary N) is 1. The summed E-state index contributed by atoms with van der Waals surface area (Å²) in [4.78, 5) is 7.29. The van der Waals surface area contributed by atoms with Gasteiger partial charge in [0.25, 0.3) is 10.1 Å². The molecule has 1 aromatic heterocycles. The monoisotopic (exact) mass is 237 g/mol. The van der Waals surface area contributed by atoms with E-state index in [1.165, 1.54) is 0 Å². The van der Waals surface area contributed by atoms with Crippen molar-refractivity contribution in [3.8, 4) is 0 Å². The van der Waals surface area contributed by atoms with E-state index in [-0.39, 0.29) is 11.5 Å². The van der Waals surface area contributed by atoms with Gasteiger partial charge in [-0.2, -0.15) is 21.0 Å². The second-order valence-corrected chi connectivity index (χ2v) is 4.14. The third-order valence-electron chi connectivity index (χ3n) is 0.935. The molecule has 0 aliphatic heterocycles. The highest BCUT2D eigenvalue weighted by Crippen LogP contribution is 1.82. The molecule has 1 rings (SSSR count). The van der Waals surface area contributed by atoms with Gasteiger partial charge < -0.3 is 5.73 Å². The van der Waals surface area contributed by atoms with Gasteiger partial charge in [-0.25, -0.2) is 9.97 Å². The van der Waals surface area contributed by atoms with E-state index in [0.717, 1.165) is 0 Å². The van der Waals surface area contributed by atoms with E-state index in [1.54, 1.807) is 18.5 Å². The van der Waals surface area contributed by atoms with Crippen LogP contribution in [0.5, 0.6) is 0 Å². The molecule has 80 valence electrons. The molecule has 0 aromatic carbocycles. The molecular weight excluding hydrogens is 226 g/mol.